The zero-order chi connectivity index (χ0) is 23.7. The van der Waals surface area contributed by atoms with Crippen LogP contribution in [0.15, 0.2) is 54.1 Å². The van der Waals surface area contributed by atoms with Gasteiger partial charge in [-0.25, -0.2) is 9.97 Å². The summed E-state index contributed by atoms with van der Waals surface area (Å²) in [6.45, 7) is 0.548. The van der Waals surface area contributed by atoms with Crippen molar-refractivity contribution in [3.05, 3.63) is 64.7 Å². The molecule has 5 rings (SSSR count). The number of fused-ring (bicyclic) bond motifs is 2. The van der Waals surface area contributed by atoms with Gasteiger partial charge < -0.3 is 15.8 Å². The second-order valence-electron chi connectivity index (χ2n) is 8.41. The maximum Gasteiger partial charge on any atom is 0.257 e. The summed E-state index contributed by atoms with van der Waals surface area (Å²) in [4.78, 5) is 22.9. The smallest absolute Gasteiger partial charge is 0.257 e. The number of para-hydroxylation sites is 2. The lowest BCUT2D eigenvalue weighted by Crippen LogP contribution is -2.26. The average molecular weight is 476 g/mol. The van der Waals surface area contributed by atoms with Gasteiger partial charge in [-0.3, -0.25) is 9.36 Å². The number of ether oxygens (including phenoxy) is 1. The molecule has 1 amide bonds. The molecule has 1 aliphatic carbocycles. The minimum Gasteiger partial charge on any atom is -0.495 e. The van der Waals surface area contributed by atoms with Gasteiger partial charge in [0.2, 0.25) is 0 Å². The number of carbonyl (C=O) groups is 1. The van der Waals surface area contributed by atoms with E-state index in [1.165, 1.54) is 18.4 Å². The van der Waals surface area contributed by atoms with Crippen LogP contribution in [0.5, 0.6) is 5.75 Å². The summed E-state index contributed by atoms with van der Waals surface area (Å²) in [7, 11) is 1.56. The van der Waals surface area contributed by atoms with Crippen LogP contribution in [-0.4, -0.2) is 34.1 Å². The fourth-order valence-electron chi connectivity index (χ4n) is 4.50. The van der Waals surface area contributed by atoms with Gasteiger partial charge in [0.15, 0.2) is 5.65 Å². The largest absolute Gasteiger partial charge is 0.495 e. The van der Waals surface area contributed by atoms with Crippen molar-refractivity contribution in [3.8, 4) is 11.4 Å². The fraction of sp³-hybridized carbons (Fsp3) is 0.269. The van der Waals surface area contributed by atoms with Crippen molar-refractivity contribution >= 4 is 45.5 Å². The molecule has 0 saturated heterocycles. The Morgan fingerprint density at radius 2 is 1.97 bits per heavy atom. The molecule has 0 atom stereocenters. The Kier molecular flexibility index (Phi) is 6.11. The molecular weight excluding hydrogens is 450 g/mol. The molecule has 3 N–H and O–H groups in total. The number of nitrogens with two attached hydrogens (primary N) is 1. The number of nitrogens with one attached hydrogen (secondary N) is 1. The van der Waals surface area contributed by atoms with E-state index in [-0.39, 0.29) is 11.7 Å². The summed E-state index contributed by atoms with van der Waals surface area (Å²) in [6.07, 6.45) is 7.82. The zero-order valence-corrected chi connectivity index (χ0v) is 19.7. The Labute approximate surface area is 202 Å². The number of carbonyl (C=O) groups excluding carboxylic acids is 1. The van der Waals surface area contributed by atoms with Crippen molar-refractivity contribution in [1.29, 1.82) is 0 Å². The SMILES string of the molecule is COc1ccc(-n2c(N)c(C(=O)NCCC3=CCCCC3)c3nc4ccccc4nc32)cc1Cl. The van der Waals surface area contributed by atoms with Gasteiger partial charge in [0, 0.05) is 6.54 Å². The quantitative estimate of drug-likeness (QED) is 0.362. The maximum absolute atomic E-state index is 13.3. The summed E-state index contributed by atoms with van der Waals surface area (Å²) in [5.74, 6) is 0.551. The number of aromatic nitrogens is 3. The Bertz CT molecular complexity index is 1430. The lowest BCUT2D eigenvalue weighted by molar-refractivity contribution is 0.0956. The number of anilines is 1. The minimum absolute atomic E-state index is 0.262. The standard InChI is InChI=1S/C26H26ClN5O2/c1-34-21-12-11-17(15-18(21)27)32-24(28)22(26(33)29-14-13-16-7-3-2-4-8-16)23-25(32)31-20-10-6-5-9-19(20)30-23/h5-7,9-12,15H,2-4,8,13-14,28H2,1H3,(H,29,33). The molecule has 0 radical (unpaired) electrons. The van der Waals surface area contributed by atoms with Gasteiger partial charge in [0.05, 0.1) is 28.9 Å². The molecule has 34 heavy (non-hydrogen) atoms. The number of benzene rings is 2. The van der Waals surface area contributed by atoms with Gasteiger partial charge in [-0.1, -0.05) is 35.4 Å². The van der Waals surface area contributed by atoms with Crippen LogP contribution < -0.4 is 15.8 Å². The van der Waals surface area contributed by atoms with Gasteiger partial charge in [0.25, 0.3) is 5.91 Å². The van der Waals surface area contributed by atoms with Crippen LogP contribution in [0.1, 0.15) is 42.5 Å². The molecule has 0 saturated carbocycles. The highest BCUT2D eigenvalue weighted by Gasteiger charge is 2.25. The van der Waals surface area contributed by atoms with E-state index in [9.17, 15) is 4.79 Å². The van der Waals surface area contributed by atoms with E-state index in [0.29, 0.717) is 50.8 Å². The molecule has 0 bridgehead atoms. The van der Waals surface area contributed by atoms with E-state index in [1.807, 2.05) is 30.3 Å². The van der Waals surface area contributed by atoms with E-state index >= 15 is 0 Å². The number of amides is 1. The third-order valence-corrected chi connectivity index (χ3v) is 6.53. The lowest BCUT2D eigenvalue weighted by atomic mass is 9.97. The highest BCUT2D eigenvalue weighted by molar-refractivity contribution is 6.32. The molecule has 7 nitrogen and oxygen atoms in total. The van der Waals surface area contributed by atoms with Crippen LogP contribution in [0.25, 0.3) is 27.9 Å². The summed E-state index contributed by atoms with van der Waals surface area (Å²) in [5, 5.41) is 3.47. The van der Waals surface area contributed by atoms with Crippen molar-refractivity contribution in [2.45, 2.75) is 32.1 Å². The van der Waals surface area contributed by atoms with E-state index in [4.69, 9.17) is 32.0 Å². The Morgan fingerprint density at radius 3 is 2.68 bits per heavy atom. The maximum atomic E-state index is 13.3. The van der Waals surface area contributed by atoms with Crippen LogP contribution in [0, 0.1) is 0 Å². The van der Waals surface area contributed by atoms with Gasteiger partial charge in [-0.05, 0) is 62.4 Å². The average Bonchev–Trinajstić information content (AvgIpc) is 3.13. The third-order valence-electron chi connectivity index (χ3n) is 6.24. The van der Waals surface area contributed by atoms with Crippen LogP contribution in [0.3, 0.4) is 0 Å². The van der Waals surface area contributed by atoms with Crippen LogP contribution in [0.4, 0.5) is 5.82 Å². The monoisotopic (exact) mass is 475 g/mol. The minimum atomic E-state index is -0.262. The van der Waals surface area contributed by atoms with Crippen molar-refractivity contribution < 1.29 is 9.53 Å². The molecule has 0 unspecified atom stereocenters. The second-order valence-corrected chi connectivity index (χ2v) is 8.82. The van der Waals surface area contributed by atoms with Gasteiger partial charge in [-0.15, -0.1) is 0 Å². The Balaban J connectivity index is 1.58. The number of halogens is 1. The summed E-state index contributed by atoms with van der Waals surface area (Å²) in [5.41, 5.74) is 11.3. The number of methoxy groups -OCH3 is 1. The molecule has 8 heteroatoms. The molecule has 1 aliphatic rings. The number of nitrogen functional groups attached to an aromatic ring is 1. The molecule has 2 heterocycles. The van der Waals surface area contributed by atoms with E-state index in [1.54, 1.807) is 23.8 Å². The van der Waals surface area contributed by atoms with Gasteiger partial charge in [0.1, 0.15) is 22.6 Å². The Hall–Kier alpha value is -3.58. The predicted molar refractivity (Wildman–Crippen MR) is 136 cm³/mol. The van der Waals surface area contributed by atoms with Gasteiger partial charge >= 0.3 is 0 Å². The lowest BCUT2D eigenvalue weighted by Gasteiger charge is -2.13. The highest BCUT2D eigenvalue weighted by atomic mass is 35.5. The summed E-state index contributed by atoms with van der Waals surface area (Å²) >= 11 is 6.39. The number of allylic oxidation sites excluding steroid dienone is 1. The van der Waals surface area contributed by atoms with E-state index in [2.05, 4.69) is 11.4 Å². The molecule has 2 aromatic carbocycles. The summed E-state index contributed by atoms with van der Waals surface area (Å²) < 4.78 is 7.00. The number of rotatable bonds is 6. The second kappa shape index (κ2) is 9.35. The number of hydrogen-bond acceptors (Lipinski definition) is 5. The molecular formula is C26H26ClN5O2. The van der Waals surface area contributed by atoms with E-state index in [0.717, 1.165) is 19.3 Å². The van der Waals surface area contributed by atoms with E-state index < -0.39 is 0 Å². The van der Waals surface area contributed by atoms with Crippen molar-refractivity contribution in [1.82, 2.24) is 19.9 Å². The van der Waals surface area contributed by atoms with Crippen molar-refractivity contribution in [2.24, 2.45) is 0 Å². The molecule has 2 aromatic heterocycles. The topological polar surface area (TPSA) is 95.1 Å². The molecule has 174 valence electrons. The van der Waals surface area contributed by atoms with Crippen LogP contribution >= 0.6 is 11.6 Å². The highest BCUT2D eigenvalue weighted by Crippen LogP contribution is 2.34. The summed E-state index contributed by atoms with van der Waals surface area (Å²) in [6, 6.07) is 12.9. The van der Waals surface area contributed by atoms with Crippen molar-refractivity contribution in [2.75, 3.05) is 19.4 Å². The molecule has 0 aliphatic heterocycles. The normalized spacial score (nSPS) is 13.8. The number of hydrogen-bond donors (Lipinski definition) is 2. The number of nitrogens with zero attached hydrogens (tertiary/aromatic N) is 3. The van der Waals surface area contributed by atoms with Crippen LogP contribution in [-0.2, 0) is 0 Å². The Morgan fingerprint density at radius 1 is 1.18 bits per heavy atom. The first-order valence-electron chi connectivity index (χ1n) is 11.4. The first-order valence-corrected chi connectivity index (χ1v) is 11.8. The van der Waals surface area contributed by atoms with Crippen LogP contribution in [0.2, 0.25) is 5.02 Å². The third kappa shape index (κ3) is 4.07. The first kappa shape index (κ1) is 22.2. The molecule has 0 fully saturated rings. The van der Waals surface area contributed by atoms with Crippen molar-refractivity contribution in [3.63, 3.8) is 0 Å². The molecule has 0 spiro atoms. The fourth-order valence-corrected chi connectivity index (χ4v) is 4.75. The zero-order valence-electron chi connectivity index (χ0n) is 19.0. The molecule has 4 aromatic rings. The predicted octanol–water partition coefficient (Wildman–Crippen LogP) is 5.44. The first-order chi connectivity index (χ1) is 16.6. The van der Waals surface area contributed by atoms with Gasteiger partial charge in [-0.2, -0.15) is 0 Å².